The number of rotatable bonds is 4. The molecule has 0 saturated heterocycles. The molecule has 1 unspecified atom stereocenters. The van der Waals surface area contributed by atoms with Crippen LogP contribution < -0.4 is 10.6 Å². The Balaban J connectivity index is 1.87. The number of amides is 2. The lowest BCUT2D eigenvalue weighted by Crippen LogP contribution is -2.50. The summed E-state index contributed by atoms with van der Waals surface area (Å²) in [4.78, 5) is 22.3. The summed E-state index contributed by atoms with van der Waals surface area (Å²) in [5.41, 5.74) is 2.40. The van der Waals surface area contributed by atoms with Gasteiger partial charge in [0, 0.05) is 6.04 Å². The Labute approximate surface area is 110 Å². The molecular formula is C13H16N2O4. The van der Waals surface area contributed by atoms with Gasteiger partial charge in [-0.15, -0.1) is 0 Å². The molecule has 6 nitrogen and oxygen atoms in total. The van der Waals surface area contributed by atoms with Crippen LogP contribution in [-0.4, -0.2) is 40.9 Å². The molecule has 6 heteroatoms. The first-order chi connectivity index (χ1) is 9.10. The van der Waals surface area contributed by atoms with E-state index < -0.39 is 24.6 Å². The molecule has 1 aliphatic carbocycles. The second-order valence-electron chi connectivity index (χ2n) is 4.57. The minimum Gasteiger partial charge on any atom is -0.480 e. The lowest BCUT2D eigenvalue weighted by atomic mass is 10.1. The molecule has 0 aromatic heterocycles. The largest absolute Gasteiger partial charge is 0.480 e. The van der Waals surface area contributed by atoms with Crippen LogP contribution in [0.1, 0.15) is 11.1 Å². The van der Waals surface area contributed by atoms with E-state index in [4.69, 9.17) is 10.2 Å². The molecule has 0 radical (unpaired) electrons. The molecule has 1 aromatic rings. The molecule has 0 bridgehead atoms. The second-order valence-corrected chi connectivity index (χ2v) is 4.57. The SMILES string of the molecule is O=C(NC1Cc2ccccc2C1)NC(CO)C(=O)O. The standard InChI is InChI=1S/C13H16N2O4/c16-7-11(12(17)18)15-13(19)14-10-5-8-3-1-2-4-9(8)6-10/h1-4,10-11,16H,5-7H2,(H,17,18)(H2,14,15,19). The highest BCUT2D eigenvalue weighted by molar-refractivity contribution is 5.82. The Bertz CT molecular complexity index is 464. The van der Waals surface area contributed by atoms with Crippen molar-refractivity contribution >= 4 is 12.0 Å². The van der Waals surface area contributed by atoms with Crippen molar-refractivity contribution in [1.82, 2.24) is 10.6 Å². The van der Waals surface area contributed by atoms with Gasteiger partial charge >= 0.3 is 12.0 Å². The second kappa shape index (κ2) is 5.71. The number of aliphatic hydroxyl groups excluding tert-OH is 1. The maximum absolute atomic E-state index is 11.6. The van der Waals surface area contributed by atoms with Crippen LogP contribution in [0.5, 0.6) is 0 Å². The van der Waals surface area contributed by atoms with Gasteiger partial charge < -0.3 is 20.8 Å². The third kappa shape index (κ3) is 3.23. The summed E-state index contributed by atoms with van der Waals surface area (Å²) in [6.45, 7) is -0.631. The maximum atomic E-state index is 11.6. The summed E-state index contributed by atoms with van der Waals surface area (Å²) in [6.07, 6.45) is 1.47. The number of hydrogen-bond donors (Lipinski definition) is 4. The maximum Gasteiger partial charge on any atom is 0.328 e. The summed E-state index contributed by atoms with van der Waals surface area (Å²) in [6, 6.07) is 6.06. The van der Waals surface area contributed by atoms with Crippen molar-refractivity contribution < 1.29 is 19.8 Å². The third-order valence-corrected chi connectivity index (χ3v) is 3.17. The van der Waals surface area contributed by atoms with Crippen molar-refractivity contribution in [1.29, 1.82) is 0 Å². The zero-order valence-electron chi connectivity index (χ0n) is 10.3. The van der Waals surface area contributed by atoms with E-state index in [1.807, 2.05) is 24.3 Å². The van der Waals surface area contributed by atoms with Crippen LogP contribution in [0.4, 0.5) is 4.79 Å². The Morgan fingerprint density at radius 1 is 1.26 bits per heavy atom. The molecule has 2 amide bonds. The summed E-state index contributed by atoms with van der Waals surface area (Å²) in [5.74, 6) is -1.26. The van der Waals surface area contributed by atoms with Crippen LogP contribution in [0.3, 0.4) is 0 Å². The Morgan fingerprint density at radius 3 is 2.32 bits per heavy atom. The summed E-state index contributed by atoms with van der Waals surface area (Å²) >= 11 is 0. The lowest BCUT2D eigenvalue weighted by Gasteiger charge is -2.16. The molecule has 0 saturated carbocycles. The fraction of sp³-hybridized carbons (Fsp3) is 0.385. The van der Waals surface area contributed by atoms with E-state index in [1.54, 1.807) is 0 Å². The number of benzene rings is 1. The van der Waals surface area contributed by atoms with E-state index in [2.05, 4.69) is 10.6 Å². The number of aliphatic carboxylic acids is 1. The molecule has 0 fully saturated rings. The van der Waals surface area contributed by atoms with E-state index in [0.29, 0.717) is 0 Å². The monoisotopic (exact) mass is 264 g/mol. The van der Waals surface area contributed by atoms with E-state index in [9.17, 15) is 9.59 Å². The average molecular weight is 264 g/mol. The number of hydrogen-bond acceptors (Lipinski definition) is 3. The van der Waals surface area contributed by atoms with E-state index >= 15 is 0 Å². The first-order valence-corrected chi connectivity index (χ1v) is 6.07. The van der Waals surface area contributed by atoms with Gasteiger partial charge in [-0.25, -0.2) is 9.59 Å². The number of carbonyl (C=O) groups excluding carboxylic acids is 1. The minimum atomic E-state index is -1.27. The minimum absolute atomic E-state index is 0.0365. The number of carboxylic acids is 1. The third-order valence-electron chi connectivity index (χ3n) is 3.17. The first-order valence-electron chi connectivity index (χ1n) is 6.07. The smallest absolute Gasteiger partial charge is 0.328 e. The molecule has 1 atom stereocenters. The molecule has 0 aliphatic heterocycles. The van der Waals surface area contributed by atoms with Gasteiger partial charge in [-0.3, -0.25) is 0 Å². The Morgan fingerprint density at radius 2 is 1.84 bits per heavy atom. The van der Waals surface area contributed by atoms with Gasteiger partial charge in [-0.2, -0.15) is 0 Å². The van der Waals surface area contributed by atoms with Crippen LogP contribution in [0.15, 0.2) is 24.3 Å². The van der Waals surface area contributed by atoms with Crippen molar-refractivity contribution in [3.05, 3.63) is 35.4 Å². The topological polar surface area (TPSA) is 98.7 Å². The predicted molar refractivity (Wildman–Crippen MR) is 67.8 cm³/mol. The molecule has 102 valence electrons. The van der Waals surface area contributed by atoms with E-state index in [-0.39, 0.29) is 6.04 Å². The highest BCUT2D eigenvalue weighted by atomic mass is 16.4. The molecular weight excluding hydrogens is 248 g/mol. The predicted octanol–water partition coefficient (Wildman–Crippen LogP) is -0.102. The summed E-state index contributed by atoms with van der Waals surface area (Å²) in [7, 11) is 0. The average Bonchev–Trinajstić information content (AvgIpc) is 2.77. The number of urea groups is 1. The zero-order chi connectivity index (χ0) is 13.8. The van der Waals surface area contributed by atoms with Gasteiger partial charge in [-0.1, -0.05) is 24.3 Å². The van der Waals surface area contributed by atoms with E-state index in [0.717, 1.165) is 12.8 Å². The summed E-state index contributed by atoms with van der Waals surface area (Å²) in [5, 5.41) is 22.5. The van der Waals surface area contributed by atoms with Crippen LogP contribution in [0.2, 0.25) is 0 Å². The highest BCUT2D eigenvalue weighted by Crippen LogP contribution is 2.21. The number of nitrogens with one attached hydrogen (secondary N) is 2. The van der Waals surface area contributed by atoms with Crippen molar-refractivity contribution in [3.63, 3.8) is 0 Å². The van der Waals surface area contributed by atoms with Gasteiger partial charge in [0.25, 0.3) is 0 Å². The number of carboxylic acid groups (broad SMARTS) is 1. The lowest BCUT2D eigenvalue weighted by molar-refractivity contribution is -0.140. The van der Waals surface area contributed by atoms with Crippen molar-refractivity contribution in [2.45, 2.75) is 24.9 Å². The fourth-order valence-corrected chi connectivity index (χ4v) is 2.23. The highest BCUT2D eigenvalue weighted by Gasteiger charge is 2.24. The van der Waals surface area contributed by atoms with E-state index in [1.165, 1.54) is 11.1 Å². The quantitative estimate of drug-likeness (QED) is 0.610. The van der Waals surface area contributed by atoms with Gasteiger partial charge in [0.2, 0.25) is 0 Å². The number of carbonyl (C=O) groups is 2. The van der Waals surface area contributed by atoms with Crippen molar-refractivity contribution in [3.8, 4) is 0 Å². The molecule has 1 aromatic carbocycles. The Hall–Kier alpha value is -2.08. The van der Waals surface area contributed by atoms with Crippen LogP contribution in [0, 0.1) is 0 Å². The van der Waals surface area contributed by atoms with Gasteiger partial charge in [0.05, 0.1) is 6.61 Å². The first kappa shape index (κ1) is 13.4. The van der Waals surface area contributed by atoms with Crippen LogP contribution in [0.25, 0.3) is 0 Å². The van der Waals surface area contributed by atoms with Crippen LogP contribution in [-0.2, 0) is 17.6 Å². The molecule has 0 spiro atoms. The molecule has 1 aliphatic rings. The van der Waals surface area contributed by atoms with Crippen LogP contribution >= 0.6 is 0 Å². The normalized spacial score (nSPS) is 15.6. The fourth-order valence-electron chi connectivity index (χ4n) is 2.23. The molecule has 2 rings (SSSR count). The van der Waals surface area contributed by atoms with Crippen molar-refractivity contribution in [2.75, 3.05) is 6.61 Å². The number of aliphatic hydroxyl groups is 1. The molecule has 0 heterocycles. The van der Waals surface area contributed by atoms with Crippen molar-refractivity contribution in [2.24, 2.45) is 0 Å². The zero-order valence-corrected chi connectivity index (χ0v) is 10.3. The number of fused-ring (bicyclic) bond motifs is 1. The molecule has 4 N–H and O–H groups in total. The van der Waals surface area contributed by atoms with Gasteiger partial charge in [-0.05, 0) is 24.0 Å². The molecule has 19 heavy (non-hydrogen) atoms. The van der Waals surface area contributed by atoms with Gasteiger partial charge in [0.1, 0.15) is 0 Å². The summed E-state index contributed by atoms with van der Waals surface area (Å²) < 4.78 is 0. The Kier molecular flexibility index (Phi) is 4.01. The van der Waals surface area contributed by atoms with Gasteiger partial charge in [0.15, 0.2) is 6.04 Å².